The van der Waals surface area contributed by atoms with Crippen molar-refractivity contribution in [3.05, 3.63) is 0 Å². The van der Waals surface area contributed by atoms with Crippen molar-refractivity contribution in [1.82, 2.24) is 14.7 Å². The minimum Gasteiger partial charge on any atom is -0.793 e. The predicted molar refractivity (Wildman–Crippen MR) is 167 cm³/mol. The number of carbonyl (C=O) groups excluding carboxylic acids is 6. The summed E-state index contributed by atoms with van der Waals surface area (Å²) in [6.07, 6.45) is -0.181. The predicted octanol–water partition coefficient (Wildman–Crippen LogP) is 0.970. The maximum absolute atomic E-state index is 11.7. The Kier molecular flexibility index (Phi) is 28.0. The third-order valence-corrected chi connectivity index (χ3v) is 2.86. The van der Waals surface area contributed by atoms with E-state index < -0.39 is 62.1 Å². The van der Waals surface area contributed by atoms with Gasteiger partial charge in [0.2, 0.25) is 5.97 Å². The van der Waals surface area contributed by atoms with Gasteiger partial charge in [-0.2, -0.15) is 0 Å². The molecule has 0 aliphatic carbocycles. The molecule has 0 heterocycles. The summed E-state index contributed by atoms with van der Waals surface area (Å²) in [6.45, 7) is 8.10. The van der Waals surface area contributed by atoms with Crippen LogP contribution in [0.2, 0.25) is 0 Å². The number of nitrogens with zero attached hydrogens (tertiary/aromatic N) is 3. The molecule has 255 valence electrons. The first-order valence-electron chi connectivity index (χ1n) is 16.8. The first kappa shape index (κ1) is 36.4. The van der Waals surface area contributed by atoms with E-state index in [1.165, 1.54) is 25.9 Å². The van der Waals surface area contributed by atoms with Crippen LogP contribution in [-0.2, 0) is 43.1 Å². The van der Waals surface area contributed by atoms with Gasteiger partial charge in [-0.3, -0.25) is 4.79 Å². The third-order valence-electron chi connectivity index (χ3n) is 2.86. The quantitative estimate of drug-likeness (QED) is 0.176. The van der Waals surface area contributed by atoms with Crippen LogP contribution >= 0.6 is 12.4 Å². The molecule has 0 N–H and O–H groups in total. The number of rotatable bonds is 5. The molecule has 17 heteroatoms. The number of ether oxygens (including phenoxy) is 2. The first-order valence-corrected chi connectivity index (χ1v) is 12.3. The maximum Gasteiger partial charge on any atom is 1.00 e. The van der Waals surface area contributed by atoms with Crippen LogP contribution in [0.5, 0.6) is 0 Å². The van der Waals surface area contributed by atoms with Gasteiger partial charge in [0.15, 0.2) is 0 Å². The van der Waals surface area contributed by atoms with Gasteiger partial charge in [-0.1, -0.05) is 20.2 Å². The van der Waals surface area contributed by atoms with Crippen molar-refractivity contribution in [1.29, 1.82) is 0 Å². The van der Waals surface area contributed by atoms with E-state index in [0.29, 0.717) is 11.2 Å². The van der Waals surface area contributed by atoms with Gasteiger partial charge in [0.25, 0.3) is 0 Å². The molecule has 14 nitrogen and oxygen atoms in total. The van der Waals surface area contributed by atoms with Crippen LogP contribution in [0.4, 0.5) is 9.59 Å². The Morgan fingerprint density at radius 1 is 0.773 bits per heavy atom. The molecule has 3 radical (unpaired) electrons. The molecule has 0 rings (SSSR count). The van der Waals surface area contributed by atoms with Gasteiger partial charge in [-0.05, 0) is 55.5 Å². The van der Waals surface area contributed by atoms with E-state index >= 15 is 0 Å². The standard InChI is InChI=1S/C10H22N2O2.C8H15NO3.C4H6O4.C3H8.C2H3BO2.ClH.Na/c1-10(2,3)14-9(13)12(6)8-7-11(4)5;1-8(2,3)12-7(11)9(4)5-6-10;1-3(5)7-8-4(2)6;1-3-2;1-2(4)5-3;;/h7-8H2,1-6H3;6H,5H2,1-4H3;1-2H3;3H2,1-2H3;1H3;1H;/q;;;;-1;;+1/i4D3,5D3;;;1D3;;;. The van der Waals surface area contributed by atoms with Crippen LogP contribution in [0.25, 0.3) is 0 Å². The second-order valence-corrected chi connectivity index (χ2v) is 9.69. The van der Waals surface area contributed by atoms with Gasteiger partial charge in [-0.15, -0.1) is 12.4 Å². The number of carbonyl (C=O) groups is 6. The fraction of sp³-hybridized carbons (Fsp3) is 0.778. The van der Waals surface area contributed by atoms with E-state index in [1.54, 1.807) is 48.5 Å². The molecule has 0 spiro atoms. The number of amides is 2. The monoisotopic (exact) mass is 675 g/mol. The average Bonchev–Trinajstić information content (AvgIpc) is 2.89. The van der Waals surface area contributed by atoms with E-state index in [4.69, 9.17) is 21.8 Å². The SMILES string of the molecule is CC(=O)OOC(C)=O.CN(CC=O)C(=O)OC(C)(C)C.Cl.[2H]C([2H])([2H])CC.[2H]C([2H])([2H])N(CCN(C)C(=O)OC(C)(C)C)C([2H])([2H])[2H].[B-]OC(C)=O.[Na+]. The Balaban J connectivity index is -0.000000109. The number of halogens is 1. The van der Waals surface area contributed by atoms with Gasteiger partial charge in [0.1, 0.15) is 17.5 Å². The van der Waals surface area contributed by atoms with Crippen LogP contribution in [0.1, 0.15) is 94.8 Å². The number of aldehydes is 1. The molecular formula is C27H55BClN3NaO11. The van der Waals surface area contributed by atoms with Crippen molar-refractivity contribution in [3.8, 4) is 0 Å². The number of likely N-dealkylation sites (N-methyl/N-ethyl adjacent to an activating group) is 3. The molecule has 44 heavy (non-hydrogen) atoms. The fourth-order valence-electron chi connectivity index (χ4n) is 1.32. The van der Waals surface area contributed by atoms with Crippen LogP contribution in [0.15, 0.2) is 0 Å². The molecule has 0 aromatic carbocycles. The van der Waals surface area contributed by atoms with Crippen molar-refractivity contribution in [2.45, 2.75) is 93.7 Å². The summed E-state index contributed by atoms with van der Waals surface area (Å²) in [7, 11) is 7.26. The maximum atomic E-state index is 11.7. The molecule has 0 aliphatic rings. The van der Waals surface area contributed by atoms with Gasteiger partial charge in [0, 0.05) is 60.3 Å². The van der Waals surface area contributed by atoms with Gasteiger partial charge < -0.3 is 41.7 Å². The molecule has 0 saturated carbocycles. The summed E-state index contributed by atoms with van der Waals surface area (Å²) >= 11 is 0. The molecule has 2 amide bonds. The molecule has 0 aromatic heterocycles. The van der Waals surface area contributed by atoms with Gasteiger partial charge >= 0.3 is 53.7 Å². The van der Waals surface area contributed by atoms with E-state index in [1.807, 2.05) is 0 Å². The molecular weight excluding hydrogens is 612 g/mol. The molecule has 0 atom stereocenters. The number of hydrogen-bond acceptors (Lipinski definition) is 12. The van der Waals surface area contributed by atoms with Crippen molar-refractivity contribution in [3.63, 3.8) is 0 Å². The molecule has 0 aliphatic heterocycles. The Morgan fingerprint density at radius 3 is 1.34 bits per heavy atom. The fourth-order valence-corrected chi connectivity index (χ4v) is 1.32. The Morgan fingerprint density at radius 2 is 1.11 bits per heavy atom. The van der Waals surface area contributed by atoms with Crippen molar-refractivity contribution < 1.29 is 94.6 Å². The van der Waals surface area contributed by atoms with Gasteiger partial charge in [-0.25, -0.2) is 29.0 Å². The Hall–Kier alpha value is -2.07. The Labute approximate surface area is 306 Å². The zero-order valence-corrected chi connectivity index (χ0v) is 31.0. The Bertz CT molecular complexity index is 1030. The normalized spacial score (nSPS) is 13.1. The molecule has 0 bridgehead atoms. The summed E-state index contributed by atoms with van der Waals surface area (Å²) in [5.41, 5.74) is -1.17. The zero-order chi connectivity index (χ0) is 42.2. The third kappa shape index (κ3) is 63.3. The van der Waals surface area contributed by atoms with E-state index in [9.17, 15) is 28.8 Å². The summed E-state index contributed by atoms with van der Waals surface area (Å²) in [6, 6.07) is 0. The molecule has 0 fully saturated rings. The summed E-state index contributed by atoms with van der Waals surface area (Å²) in [4.78, 5) is 72.4. The molecule has 0 saturated heterocycles. The summed E-state index contributed by atoms with van der Waals surface area (Å²) in [5, 5.41) is 0. The minimum absolute atomic E-state index is 0. The van der Waals surface area contributed by atoms with Crippen molar-refractivity contribution in [2.75, 3.05) is 47.7 Å². The van der Waals surface area contributed by atoms with Crippen LogP contribution in [0.3, 0.4) is 0 Å². The van der Waals surface area contributed by atoms with E-state index in [-0.39, 0.29) is 68.0 Å². The molecule has 0 aromatic rings. The minimum atomic E-state index is -2.75. The van der Waals surface area contributed by atoms with Crippen molar-refractivity contribution >= 4 is 56.8 Å². The molecule has 0 unspecified atom stereocenters. The van der Waals surface area contributed by atoms with E-state index in [0.717, 1.165) is 18.7 Å². The summed E-state index contributed by atoms with van der Waals surface area (Å²) < 4.78 is 76.5. The van der Waals surface area contributed by atoms with E-state index in [2.05, 4.69) is 22.5 Å². The van der Waals surface area contributed by atoms with Crippen LogP contribution in [0, 0.1) is 0 Å². The topological polar surface area (TPSA) is 158 Å². The van der Waals surface area contributed by atoms with Crippen LogP contribution < -0.4 is 29.6 Å². The first-order chi connectivity index (χ1) is 22.5. The number of hydrogen-bond donors (Lipinski definition) is 0. The average molecular weight is 676 g/mol. The van der Waals surface area contributed by atoms with Crippen LogP contribution in [-0.4, -0.2) is 118 Å². The second kappa shape index (κ2) is 33.8. The van der Waals surface area contributed by atoms with Crippen molar-refractivity contribution in [2.24, 2.45) is 0 Å². The summed E-state index contributed by atoms with van der Waals surface area (Å²) in [5.74, 6) is -1.74. The largest absolute Gasteiger partial charge is 1.00 e. The zero-order valence-electron chi connectivity index (χ0n) is 37.2. The smallest absolute Gasteiger partial charge is 0.793 e. The second-order valence-electron chi connectivity index (χ2n) is 9.69. The van der Waals surface area contributed by atoms with Gasteiger partial charge in [0.05, 0.1) is 6.54 Å².